The van der Waals surface area contributed by atoms with Crippen molar-refractivity contribution in [3.8, 4) is 17.0 Å². The molecule has 0 bridgehead atoms. The molecule has 1 fully saturated rings. The number of nitrogens with one attached hydrogen (secondary N) is 2. The van der Waals surface area contributed by atoms with E-state index >= 15 is 0 Å². The van der Waals surface area contributed by atoms with E-state index in [1.807, 2.05) is 82.3 Å². The minimum absolute atomic E-state index is 0.136. The zero-order valence-corrected chi connectivity index (χ0v) is 27.7. The normalized spacial score (nSPS) is 17.1. The number of alkyl carbamates (subject to hydrolysis) is 1. The fraction of sp³-hybridized carbons (Fsp3) is 0.417. The molecule has 11 nitrogen and oxygen atoms in total. The fourth-order valence-corrected chi connectivity index (χ4v) is 6.21. The highest BCUT2D eigenvalue weighted by Gasteiger charge is 2.36. The minimum atomic E-state index is -0.912. The van der Waals surface area contributed by atoms with Crippen LogP contribution in [0.3, 0.4) is 0 Å². The number of pyridine rings is 1. The number of benzene rings is 2. The van der Waals surface area contributed by atoms with Crippen molar-refractivity contribution in [2.24, 2.45) is 17.6 Å². The van der Waals surface area contributed by atoms with Crippen LogP contribution in [0.15, 0.2) is 60.8 Å². The Kier molecular flexibility index (Phi) is 10.1. The van der Waals surface area contributed by atoms with Crippen LogP contribution in [-0.2, 0) is 20.7 Å². The van der Waals surface area contributed by atoms with Gasteiger partial charge in [0.05, 0.1) is 18.8 Å². The number of aromatic amines is 1. The number of ether oxygens (including phenoxy) is 2. The second-order valence-electron chi connectivity index (χ2n) is 13.3. The first-order valence-corrected chi connectivity index (χ1v) is 16.0. The number of nitrogens with two attached hydrogens (primary N) is 1. The summed E-state index contributed by atoms with van der Waals surface area (Å²) in [5.74, 6) is -0.229. The third-order valence-electron chi connectivity index (χ3n) is 8.67. The van der Waals surface area contributed by atoms with Crippen LogP contribution >= 0.6 is 0 Å². The van der Waals surface area contributed by atoms with E-state index in [-0.39, 0.29) is 24.2 Å². The van der Waals surface area contributed by atoms with E-state index in [2.05, 4.69) is 20.5 Å². The van der Waals surface area contributed by atoms with Crippen LogP contribution in [0.4, 0.5) is 10.5 Å². The Labute approximate surface area is 275 Å². The molecule has 4 aromatic rings. The molecule has 3 amide bonds. The molecule has 11 heteroatoms. The summed E-state index contributed by atoms with van der Waals surface area (Å²) in [5.41, 5.74) is 10.5. The predicted molar refractivity (Wildman–Crippen MR) is 181 cm³/mol. The molecule has 248 valence electrons. The number of rotatable bonds is 10. The summed E-state index contributed by atoms with van der Waals surface area (Å²) in [5, 5.41) is 10.8. The monoisotopic (exact) mass is 640 g/mol. The van der Waals surface area contributed by atoms with Crippen LogP contribution in [0.5, 0.6) is 5.88 Å². The number of aryl methyl sites for hydroxylation is 1. The summed E-state index contributed by atoms with van der Waals surface area (Å²) in [6.45, 7) is 7.90. The Morgan fingerprint density at radius 1 is 1.04 bits per heavy atom. The molecular weight excluding hydrogens is 596 g/mol. The average molecular weight is 641 g/mol. The predicted octanol–water partition coefficient (Wildman–Crippen LogP) is 5.70. The number of H-pyrrole nitrogens is 1. The number of hydrogen-bond acceptors (Lipinski definition) is 7. The lowest BCUT2D eigenvalue weighted by Crippen LogP contribution is -2.52. The van der Waals surface area contributed by atoms with Crippen molar-refractivity contribution in [2.75, 3.05) is 18.6 Å². The van der Waals surface area contributed by atoms with Crippen molar-refractivity contribution < 1.29 is 23.9 Å². The van der Waals surface area contributed by atoms with Gasteiger partial charge in [0.25, 0.3) is 0 Å². The van der Waals surface area contributed by atoms with Gasteiger partial charge in [0.2, 0.25) is 17.7 Å². The Bertz CT molecular complexity index is 1720. The lowest BCUT2D eigenvalue weighted by atomic mass is 9.81. The number of methoxy groups -OCH3 is 1. The molecule has 1 aliphatic rings. The highest BCUT2D eigenvalue weighted by atomic mass is 16.6. The molecule has 1 aliphatic carbocycles. The SMILES string of the molecule is COc1ccc(-c2ccc(C[C@@H](C(N)=O)N(C(=O)C3CCC(CNC(=O)OC(C)(C)C)CC3)c3ccc4cn[nH]c4c3)cc2)c(C)n1. The topological polar surface area (TPSA) is 153 Å². The number of amides is 3. The number of hydrogen-bond donors (Lipinski definition) is 3. The van der Waals surface area contributed by atoms with Crippen molar-refractivity contribution in [2.45, 2.75) is 71.4 Å². The number of fused-ring (bicyclic) bond motifs is 1. The highest BCUT2D eigenvalue weighted by molar-refractivity contribution is 6.03. The lowest BCUT2D eigenvalue weighted by Gasteiger charge is -2.36. The number of aromatic nitrogens is 3. The van der Waals surface area contributed by atoms with Gasteiger partial charge in [0.1, 0.15) is 11.6 Å². The van der Waals surface area contributed by atoms with Crippen molar-refractivity contribution in [1.82, 2.24) is 20.5 Å². The van der Waals surface area contributed by atoms with Gasteiger partial charge in [0.15, 0.2) is 0 Å². The fourth-order valence-electron chi connectivity index (χ4n) is 6.21. The zero-order valence-electron chi connectivity index (χ0n) is 27.7. The van der Waals surface area contributed by atoms with Gasteiger partial charge in [-0.3, -0.25) is 19.6 Å². The third kappa shape index (κ3) is 8.27. The van der Waals surface area contributed by atoms with Gasteiger partial charge in [-0.2, -0.15) is 5.10 Å². The van der Waals surface area contributed by atoms with Gasteiger partial charge in [0, 0.05) is 47.3 Å². The molecule has 0 radical (unpaired) electrons. The molecule has 0 aliphatic heterocycles. The molecule has 47 heavy (non-hydrogen) atoms. The van der Waals surface area contributed by atoms with E-state index in [4.69, 9.17) is 15.2 Å². The largest absolute Gasteiger partial charge is 0.481 e. The number of carbonyl (C=O) groups is 3. The Hall–Kier alpha value is -4.93. The quantitative estimate of drug-likeness (QED) is 0.201. The summed E-state index contributed by atoms with van der Waals surface area (Å²) >= 11 is 0. The standard InChI is InChI=1S/C36H44N6O5/c1-22-29(16-17-32(40-22)46-5)25-10-6-23(7-11-25)18-31(33(37)43)42(28-15-14-27-21-39-41-30(27)19-28)34(44)26-12-8-24(9-13-26)20-38-35(45)47-36(2,3)4/h6-7,10-11,14-17,19,21,24,26,31H,8-9,12-13,18,20H2,1-5H3,(H2,37,43)(H,38,45)(H,39,41)/t24?,26?,31-/m0/s1. The number of anilines is 1. The van der Waals surface area contributed by atoms with Crippen LogP contribution in [0, 0.1) is 18.8 Å². The molecule has 0 unspecified atom stereocenters. The minimum Gasteiger partial charge on any atom is -0.481 e. The molecule has 2 aromatic carbocycles. The molecular formula is C36H44N6O5. The summed E-state index contributed by atoms with van der Waals surface area (Å²) in [6, 6.07) is 16.3. The average Bonchev–Trinajstić information content (AvgIpc) is 3.51. The van der Waals surface area contributed by atoms with Gasteiger partial charge in [-0.05, 0) is 94.7 Å². The molecule has 2 heterocycles. The first-order valence-electron chi connectivity index (χ1n) is 16.0. The number of carbonyl (C=O) groups excluding carboxylic acids is 3. The summed E-state index contributed by atoms with van der Waals surface area (Å²) in [7, 11) is 1.59. The van der Waals surface area contributed by atoms with Crippen LogP contribution in [-0.4, -0.2) is 58.4 Å². The van der Waals surface area contributed by atoms with Crippen molar-refractivity contribution >= 4 is 34.5 Å². The lowest BCUT2D eigenvalue weighted by molar-refractivity contribution is -0.127. The van der Waals surface area contributed by atoms with Crippen LogP contribution in [0.25, 0.3) is 22.0 Å². The Balaban J connectivity index is 1.35. The molecule has 0 saturated heterocycles. The molecule has 5 rings (SSSR count). The third-order valence-corrected chi connectivity index (χ3v) is 8.67. The Morgan fingerprint density at radius 3 is 2.40 bits per heavy atom. The van der Waals surface area contributed by atoms with Gasteiger partial charge < -0.3 is 20.5 Å². The summed E-state index contributed by atoms with van der Waals surface area (Å²) in [4.78, 5) is 45.7. The Morgan fingerprint density at radius 2 is 1.77 bits per heavy atom. The van der Waals surface area contributed by atoms with Gasteiger partial charge in [-0.15, -0.1) is 0 Å². The number of nitrogens with zero attached hydrogens (tertiary/aromatic N) is 3. The second-order valence-corrected chi connectivity index (χ2v) is 13.3. The van der Waals surface area contributed by atoms with E-state index in [1.54, 1.807) is 18.2 Å². The highest BCUT2D eigenvalue weighted by Crippen LogP contribution is 2.34. The second kappa shape index (κ2) is 14.2. The van der Waals surface area contributed by atoms with Gasteiger partial charge in [-0.25, -0.2) is 9.78 Å². The first-order chi connectivity index (χ1) is 22.4. The molecule has 1 atom stereocenters. The van der Waals surface area contributed by atoms with Crippen LogP contribution in [0.2, 0.25) is 0 Å². The van der Waals surface area contributed by atoms with Crippen molar-refractivity contribution in [3.63, 3.8) is 0 Å². The van der Waals surface area contributed by atoms with E-state index < -0.39 is 23.6 Å². The smallest absolute Gasteiger partial charge is 0.407 e. The van der Waals surface area contributed by atoms with Crippen LogP contribution in [0.1, 0.15) is 57.7 Å². The maximum Gasteiger partial charge on any atom is 0.407 e. The number of primary amides is 1. The van der Waals surface area contributed by atoms with Gasteiger partial charge in [-0.1, -0.05) is 24.3 Å². The van der Waals surface area contributed by atoms with Gasteiger partial charge >= 0.3 is 6.09 Å². The summed E-state index contributed by atoms with van der Waals surface area (Å²) < 4.78 is 10.6. The maximum absolute atomic E-state index is 14.4. The zero-order chi connectivity index (χ0) is 33.7. The molecule has 4 N–H and O–H groups in total. The van der Waals surface area contributed by atoms with Crippen molar-refractivity contribution in [3.05, 3.63) is 72.1 Å². The summed E-state index contributed by atoms with van der Waals surface area (Å²) in [6.07, 6.45) is 4.33. The maximum atomic E-state index is 14.4. The van der Waals surface area contributed by atoms with E-state index in [0.29, 0.717) is 31.0 Å². The molecule has 0 spiro atoms. The molecule has 2 aromatic heterocycles. The molecule has 1 saturated carbocycles. The van der Waals surface area contributed by atoms with E-state index in [1.165, 1.54) is 0 Å². The van der Waals surface area contributed by atoms with Crippen LogP contribution < -0.4 is 20.7 Å². The van der Waals surface area contributed by atoms with E-state index in [9.17, 15) is 14.4 Å². The first kappa shape index (κ1) is 33.4. The van der Waals surface area contributed by atoms with Crippen molar-refractivity contribution in [1.29, 1.82) is 0 Å². The van der Waals surface area contributed by atoms with E-state index in [0.717, 1.165) is 46.1 Å².